The fourth-order valence-electron chi connectivity index (χ4n) is 3.10. The van der Waals surface area contributed by atoms with Crippen molar-refractivity contribution in [3.63, 3.8) is 0 Å². The molecule has 1 atom stereocenters. The maximum atomic E-state index is 13.1. The lowest BCUT2D eigenvalue weighted by atomic mass is 10.2. The Morgan fingerprint density at radius 3 is 2.58 bits per heavy atom. The predicted octanol–water partition coefficient (Wildman–Crippen LogP) is 2.43. The molecule has 1 amide bonds. The topological polar surface area (TPSA) is 53.0 Å². The lowest BCUT2D eigenvalue weighted by Crippen LogP contribution is -2.38. The van der Waals surface area contributed by atoms with E-state index in [1.54, 1.807) is 41.3 Å². The molecule has 0 aromatic heterocycles. The van der Waals surface area contributed by atoms with E-state index in [0.717, 1.165) is 17.7 Å². The van der Waals surface area contributed by atoms with Gasteiger partial charge in [-0.3, -0.25) is 4.79 Å². The van der Waals surface area contributed by atoms with Gasteiger partial charge >= 0.3 is 0 Å². The standard InChI is InChI=1S/C20H23FN2O3/c1-22(17-6-4-16(21)5-7-17)18-10-11-23(12-18)20(25)14-26-19-8-2-15(13-24)3-9-19/h2-9,18,24H,10-14H2,1H3. The predicted molar refractivity (Wildman–Crippen MR) is 97.6 cm³/mol. The molecule has 1 saturated heterocycles. The monoisotopic (exact) mass is 358 g/mol. The summed E-state index contributed by atoms with van der Waals surface area (Å²) < 4.78 is 18.6. The van der Waals surface area contributed by atoms with Gasteiger partial charge in [0.1, 0.15) is 11.6 Å². The minimum Gasteiger partial charge on any atom is -0.484 e. The molecule has 6 heteroatoms. The highest BCUT2D eigenvalue weighted by Gasteiger charge is 2.29. The first-order chi connectivity index (χ1) is 12.6. The molecule has 1 heterocycles. The summed E-state index contributed by atoms with van der Waals surface area (Å²) in [6.07, 6.45) is 0.866. The molecule has 1 unspecified atom stereocenters. The number of benzene rings is 2. The third-order valence-electron chi connectivity index (χ3n) is 4.77. The van der Waals surface area contributed by atoms with Crippen molar-refractivity contribution >= 4 is 11.6 Å². The van der Waals surface area contributed by atoms with E-state index in [2.05, 4.69) is 4.90 Å². The first-order valence-electron chi connectivity index (χ1n) is 8.65. The Hall–Kier alpha value is -2.60. The van der Waals surface area contributed by atoms with E-state index in [9.17, 15) is 9.18 Å². The number of hydrogen-bond acceptors (Lipinski definition) is 4. The maximum absolute atomic E-state index is 13.1. The molecule has 5 nitrogen and oxygen atoms in total. The number of aliphatic hydroxyl groups excluding tert-OH is 1. The third-order valence-corrected chi connectivity index (χ3v) is 4.77. The number of likely N-dealkylation sites (tertiary alicyclic amines) is 1. The van der Waals surface area contributed by atoms with E-state index in [1.807, 2.05) is 7.05 Å². The van der Waals surface area contributed by atoms with Crippen LogP contribution >= 0.6 is 0 Å². The average Bonchev–Trinajstić information content (AvgIpc) is 3.17. The largest absolute Gasteiger partial charge is 0.484 e. The van der Waals surface area contributed by atoms with Crippen molar-refractivity contribution in [2.24, 2.45) is 0 Å². The fraction of sp³-hybridized carbons (Fsp3) is 0.350. The second kappa shape index (κ2) is 8.19. The van der Waals surface area contributed by atoms with Gasteiger partial charge in [0.15, 0.2) is 6.61 Å². The van der Waals surface area contributed by atoms with E-state index >= 15 is 0 Å². The van der Waals surface area contributed by atoms with Crippen molar-refractivity contribution in [3.05, 3.63) is 59.9 Å². The van der Waals surface area contributed by atoms with E-state index in [1.165, 1.54) is 12.1 Å². The number of aliphatic hydroxyl groups is 1. The minimum absolute atomic E-state index is 0.00848. The number of amides is 1. The van der Waals surface area contributed by atoms with Crippen LogP contribution in [0, 0.1) is 5.82 Å². The molecular formula is C20H23FN2O3. The number of carbonyl (C=O) groups excluding carboxylic acids is 1. The van der Waals surface area contributed by atoms with E-state index in [0.29, 0.717) is 18.8 Å². The van der Waals surface area contributed by atoms with Crippen LogP contribution in [-0.4, -0.2) is 48.7 Å². The van der Waals surface area contributed by atoms with Crippen LogP contribution in [0.25, 0.3) is 0 Å². The van der Waals surface area contributed by atoms with Crippen LogP contribution in [0.1, 0.15) is 12.0 Å². The molecule has 26 heavy (non-hydrogen) atoms. The fourth-order valence-corrected chi connectivity index (χ4v) is 3.10. The highest BCUT2D eigenvalue weighted by molar-refractivity contribution is 5.78. The summed E-state index contributed by atoms with van der Waals surface area (Å²) in [6, 6.07) is 13.6. The summed E-state index contributed by atoms with van der Waals surface area (Å²) in [4.78, 5) is 16.3. The summed E-state index contributed by atoms with van der Waals surface area (Å²) in [6.45, 7) is 1.28. The molecule has 1 aliphatic rings. The summed E-state index contributed by atoms with van der Waals surface area (Å²) in [5.74, 6) is 0.301. The number of likely N-dealkylation sites (N-methyl/N-ethyl adjacent to an activating group) is 1. The average molecular weight is 358 g/mol. The molecule has 2 aromatic carbocycles. The summed E-state index contributed by atoms with van der Waals surface area (Å²) in [5.41, 5.74) is 1.74. The van der Waals surface area contributed by atoms with Crippen molar-refractivity contribution < 1.29 is 19.0 Å². The number of rotatable bonds is 6. The zero-order valence-electron chi connectivity index (χ0n) is 14.8. The van der Waals surface area contributed by atoms with Crippen LogP contribution < -0.4 is 9.64 Å². The molecule has 0 bridgehead atoms. The van der Waals surface area contributed by atoms with Gasteiger partial charge in [-0.2, -0.15) is 0 Å². The highest BCUT2D eigenvalue weighted by Crippen LogP contribution is 2.22. The molecule has 0 spiro atoms. The first-order valence-corrected chi connectivity index (χ1v) is 8.65. The van der Waals surface area contributed by atoms with Gasteiger partial charge in [-0.25, -0.2) is 4.39 Å². The van der Waals surface area contributed by atoms with Gasteiger partial charge in [-0.05, 0) is 48.4 Å². The Morgan fingerprint density at radius 1 is 1.23 bits per heavy atom. The van der Waals surface area contributed by atoms with Crippen molar-refractivity contribution in [3.8, 4) is 5.75 Å². The van der Waals surface area contributed by atoms with Gasteiger partial charge in [0.2, 0.25) is 0 Å². The van der Waals surface area contributed by atoms with Gasteiger partial charge in [0.25, 0.3) is 5.91 Å². The Morgan fingerprint density at radius 2 is 1.92 bits per heavy atom. The lowest BCUT2D eigenvalue weighted by molar-refractivity contribution is -0.132. The lowest BCUT2D eigenvalue weighted by Gasteiger charge is -2.27. The number of nitrogens with zero attached hydrogens (tertiary/aromatic N) is 2. The van der Waals surface area contributed by atoms with Crippen molar-refractivity contribution in [1.29, 1.82) is 0 Å². The molecule has 0 radical (unpaired) electrons. The van der Waals surface area contributed by atoms with Gasteiger partial charge < -0.3 is 19.6 Å². The molecular weight excluding hydrogens is 335 g/mol. The van der Waals surface area contributed by atoms with Crippen LogP contribution in [0.2, 0.25) is 0 Å². The first kappa shape index (κ1) is 18.2. The summed E-state index contributed by atoms with van der Waals surface area (Å²) in [5, 5.41) is 9.03. The number of halogens is 1. The minimum atomic E-state index is -0.255. The molecule has 1 fully saturated rings. The van der Waals surface area contributed by atoms with Gasteiger partial charge in [0, 0.05) is 31.9 Å². The molecule has 1 N–H and O–H groups in total. The smallest absolute Gasteiger partial charge is 0.260 e. The van der Waals surface area contributed by atoms with Crippen LogP contribution in [0.4, 0.5) is 10.1 Å². The van der Waals surface area contributed by atoms with E-state index in [4.69, 9.17) is 9.84 Å². The molecule has 0 aliphatic carbocycles. The molecule has 3 rings (SSSR count). The van der Waals surface area contributed by atoms with Gasteiger partial charge in [0.05, 0.1) is 6.61 Å². The van der Waals surface area contributed by atoms with Gasteiger partial charge in [-0.15, -0.1) is 0 Å². The second-order valence-corrected chi connectivity index (χ2v) is 6.46. The Balaban J connectivity index is 1.50. The van der Waals surface area contributed by atoms with Crippen molar-refractivity contribution in [2.45, 2.75) is 19.1 Å². The van der Waals surface area contributed by atoms with E-state index < -0.39 is 0 Å². The molecule has 2 aromatic rings. The Kier molecular flexibility index (Phi) is 5.73. The number of ether oxygens (including phenoxy) is 1. The summed E-state index contributed by atoms with van der Waals surface area (Å²) >= 11 is 0. The molecule has 1 aliphatic heterocycles. The Labute approximate surface area is 152 Å². The molecule has 0 saturated carbocycles. The summed E-state index contributed by atoms with van der Waals surface area (Å²) in [7, 11) is 1.96. The number of anilines is 1. The number of carbonyl (C=O) groups is 1. The second-order valence-electron chi connectivity index (χ2n) is 6.46. The Bertz CT molecular complexity index is 734. The zero-order valence-corrected chi connectivity index (χ0v) is 14.8. The SMILES string of the molecule is CN(c1ccc(F)cc1)C1CCN(C(=O)COc2ccc(CO)cc2)C1. The van der Waals surface area contributed by atoms with Crippen molar-refractivity contribution in [2.75, 3.05) is 31.6 Å². The maximum Gasteiger partial charge on any atom is 0.260 e. The third kappa shape index (κ3) is 4.32. The van der Waals surface area contributed by atoms with Gasteiger partial charge in [-0.1, -0.05) is 12.1 Å². The van der Waals surface area contributed by atoms with Crippen LogP contribution in [0.5, 0.6) is 5.75 Å². The quantitative estimate of drug-likeness (QED) is 0.862. The van der Waals surface area contributed by atoms with Crippen molar-refractivity contribution in [1.82, 2.24) is 4.90 Å². The molecule has 138 valence electrons. The normalized spacial score (nSPS) is 16.6. The van der Waals surface area contributed by atoms with E-state index in [-0.39, 0.29) is 31.0 Å². The van der Waals surface area contributed by atoms with Crippen LogP contribution in [-0.2, 0) is 11.4 Å². The van der Waals surface area contributed by atoms with Crippen LogP contribution in [0.15, 0.2) is 48.5 Å². The number of hydrogen-bond donors (Lipinski definition) is 1. The zero-order chi connectivity index (χ0) is 18.5. The van der Waals surface area contributed by atoms with Crippen LogP contribution in [0.3, 0.4) is 0 Å². The highest BCUT2D eigenvalue weighted by atomic mass is 19.1.